The predicted molar refractivity (Wildman–Crippen MR) is 85.8 cm³/mol. The molecule has 0 N–H and O–H groups in total. The van der Waals surface area contributed by atoms with E-state index >= 15 is 0 Å². The molecule has 2 aromatic rings. The molecule has 100 valence electrons. The molecule has 0 aliphatic carbocycles. The Morgan fingerprint density at radius 2 is 1.68 bits per heavy atom. The summed E-state index contributed by atoms with van der Waals surface area (Å²) in [7, 11) is 0. The van der Waals surface area contributed by atoms with Gasteiger partial charge >= 0.3 is 0 Å². The van der Waals surface area contributed by atoms with Gasteiger partial charge in [0.1, 0.15) is 5.82 Å². The zero-order chi connectivity index (χ0) is 14.2. The van der Waals surface area contributed by atoms with Crippen LogP contribution < -0.4 is 0 Å². The van der Waals surface area contributed by atoms with Gasteiger partial charge in [0.05, 0.1) is 4.83 Å². The molecule has 2 aromatic carbocycles. The van der Waals surface area contributed by atoms with Gasteiger partial charge in [0.25, 0.3) is 0 Å². The molecule has 0 aliphatic heterocycles. The van der Waals surface area contributed by atoms with Crippen molar-refractivity contribution in [3.63, 3.8) is 0 Å². The first kappa shape index (κ1) is 15.0. The summed E-state index contributed by atoms with van der Waals surface area (Å²) < 4.78 is 13.9. The van der Waals surface area contributed by atoms with Gasteiger partial charge in [-0.25, -0.2) is 4.39 Å². The molecule has 0 aliphatic rings. The second kappa shape index (κ2) is 5.94. The number of hydrogen-bond donors (Lipinski definition) is 0. The van der Waals surface area contributed by atoms with E-state index in [-0.39, 0.29) is 10.6 Å². The standard InChI is InChI=1S/C15H12Br2ClF/c1-8-5-12(14(18)6-9(8)2)15(17)11-4-3-10(19)7-13(11)16/h3-7,15H,1-2H3. The number of halogens is 4. The van der Waals surface area contributed by atoms with Crippen LogP contribution in [0.2, 0.25) is 5.02 Å². The molecule has 1 unspecified atom stereocenters. The topological polar surface area (TPSA) is 0 Å². The molecule has 0 saturated carbocycles. The maximum atomic E-state index is 13.1. The fourth-order valence-corrected chi connectivity index (χ4v) is 4.00. The normalized spacial score (nSPS) is 12.5. The molecule has 0 heterocycles. The molecule has 0 aromatic heterocycles. The van der Waals surface area contributed by atoms with Crippen LogP contribution >= 0.6 is 43.5 Å². The molecule has 0 bridgehead atoms. The van der Waals surface area contributed by atoms with E-state index in [1.54, 1.807) is 6.07 Å². The van der Waals surface area contributed by atoms with E-state index < -0.39 is 0 Å². The highest BCUT2D eigenvalue weighted by molar-refractivity contribution is 9.11. The van der Waals surface area contributed by atoms with E-state index in [1.807, 2.05) is 13.0 Å². The Morgan fingerprint density at radius 1 is 1.05 bits per heavy atom. The molecule has 19 heavy (non-hydrogen) atoms. The predicted octanol–water partition coefficient (Wildman–Crippen LogP) is 6.34. The summed E-state index contributed by atoms with van der Waals surface area (Å²) in [6.07, 6.45) is 0. The summed E-state index contributed by atoms with van der Waals surface area (Å²) in [6, 6.07) is 8.68. The second-order valence-corrected chi connectivity index (χ2v) is 6.66. The van der Waals surface area contributed by atoms with E-state index in [0.29, 0.717) is 5.02 Å². The van der Waals surface area contributed by atoms with E-state index in [0.717, 1.165) is 21.2 Å². The minimum atomic E-state index is -0.262. The van der Waals surface area contributed by atoms with Crippen molar-refractivity contribution in [2.24, 2.45) is 0 Å². The lowest BCUT2D eigenvalue weighted by Crippen LogP contribution is -1.97. The van der Waals surface area contributed by atoms with E-state index in [9.17, 15) is 4.39 Å². The Kier molecular flexibility index (Phi) is 4.70. The fraction of sp³-hybridized carbons (Fsp3) is 0.200. The molecule has 0 spiro atoms. The van der Waals surface area contributed by atoms with E-state index in [4.69, 9.17) is 11.6 Å². The summed E-state index contributed by atoms with van der Waals surface area (Å²) in [6.45, 7) is 4.08. The molecule has 0 nitrogen and oxygen atoms in total. The van der Waals surface area contributed by atoms with Crippen LogP contribution in [0.1, 0.15) is 27.1 Å². The van der Waals surface area contributed by atoms with Crippen molar-refractivity contribution >= 4 is 43.5 Å². The Bertz CT molecular complexity index is 626. The molecule has 0 radical (unpaired) electrons. The highest BCUT2D eigenvalue weighted by Gasteiger charge is 2.17. The van der Waals surface area contributed by atoms with Crippen molar-refractivity contribution in [2.45, 2.75) is 18.7 Å². The minimum absolute atomic E-state index is 0.0747. The minimum Gasteiger partial charge on any atom is -0.207 e. The fourth-order valence-electron chi connectivity index (χ4n) is 1.87. The van der Waals surface area contributed by atoms with Crippen molar-refractivity contribution in [1.29, 1.82) is 0 Å². The van der Waals surface area contributed by atoms with Crippen LogP contribution in [0, 0.1) is 19.7 Å². The largest absolute Gasteiger partial charge is 0.207 e. The molecular weight excluding hydrogens is 394 g/mol. The average molecular weight is 407 g/mol. The number of aryl methyl sites for hydroxylation is 2. The molecule has 4 heteroatoms. The monoisotopic (exact) mass is 404 g/mol. The Morgan fingerprint density at radius 3 is 2.32 bits per heavy atom. The van der Waals surface area contributed by atoms with Gasteiger partial charge in [0.2, 0.25) is 0 Å². The van der Waals surface area contributed by atoms with Gasteiger partial charge in [-0.3, -0.25) is 0 Å². The van der Waals surface area contributed by atoms with Gasteiger partial charge in [0, 0.05) is 9.50 Å². The van der Waals surface area contributed by atoms with Gasteiger partial charge in [-0.1, -0.05) is 55.6 Å². The Hall–Kier alpha value is -0.380. The summed E-state index contributed by atoms with van der Waals surface area (Å²) in [5.74, 6) is -0.262. The quantitative estimate of drug-likeness (QED) is 0.510. The van der Waals surface area contributed by atoms with Crippen molar-refractivity contribution < 1.29 is 4.39 Å². The van der Waals surface area contributed by atoms with Crippen LogP contribution in [-0.2, 0) is 0 Å². The average Bonchev–Trinajstić information content (AvgIpc) is 2.33. The highest BCUT2D eigenvalue weighted by Crippen LogP contribution is 2.39. The van der Waals surface area contributed by atoms with Crippen LogP contribution in [0.15, 0.2) is 34.8 Å². The van der Waals surface area contributed by atoms with Gasteiger partial charge in [0.15, 0.2) is 0 Å². The van der Waals surface area contributed by atoms with Crippen LogP contribution in [0.4, 0.5) is 4.39 Å². The third kappa shape index (κ3) is 3.21. The van der Waals surface area contributed by atoms with E-state index in [2.05, 4.69) is 44.8 Å². The van der Waals surface area contributed by atoms with Crippen LogP contribution in [-0.4, -0.2) is 0 Å². The lowest BCUT2D eigenvalue weighted by Gasteiger charge is -2.16. The maximum absolute atomic E-state index is 13.1. The van der Waals surface area contributed by atoms with E-state index in [1.165, 1.54) is 17.7 Å². The summed E-state index contributed by atoms with van der Waals surface area (Å²) in [4.78, 5) is -0.0747. The third-order valence-corrected chi connectivity index (χ3v) is 5.12. The van der Waals surface area contributed by atoms with Gasteiger partial charge in [-0.2, -0.15) is 0 Å². The lowest BCUT2D eigenvalue weighted by molar-refractivity contribution is 0.626. The zero-order valence-corrected chi connectivity index (χ0v) is 14.4. The Labute approximate surface area is 134 Å². The number of hydrogen-bond acceptors (Lipinski definition) is 0. The first-order valence-corrected chi connectivity index (χ1v) is 7.84. The first-order chi connectivity index (χ1) is 8.90. The lowest BCUT2D eigenvalue weighted by atomic mass is 10.00. The Balaban J connectivity index is 2.49. The van der Waals surface area contributed by atoms with Gasteiger partial charge in [-0.15, -0.1) is 0 Å². The van der Waals surface area contributed by atoms with Crippen molar-refractivity contribution in [1.82, 2.24) is 0 Å². The SMILES string of the molecule is Cc1cc(Cl)c(C(Br)c2ccc(F)cc2Br)cc1C. The molecule has 0 fully saturated rings. The molecule has 0 amide bonds. The zero-order valence-electron chi connectivity index (χ0n) is 10.5. The van der Waals surface area contributed by atoms with Crippen LogP contribution in [0.25, 0.3) is 0 Å². The summed E-state index contributed by atoms with van der Waals surface area (Å²) in [5, 5.41) is 0.709. The molecule has 0 saturated heterocycles. The van der Waals surface area contributed by atoms with Gasteiger partial charge in [-0.05, 0) is 54.3 Å². The first-order valence-electron chi connectivity index (χ1n) is 5.76. The maximum Gasteiger partial charge on any atom is 0.124 e. The molecule has 1 atom stereocenters. The number of rotatable bonds is 2. The van der Waals surface area contributed by atoms with Gasteiger partial charge < -0.3 is 0 Å². The summed E-state index contributed by atoms with van der Waals surface area (Å²) in [5.41, 5.74) is 4.28. The molecular formula is C15H12Br2ClF. The number of alkyl halides is 1. The van der Waals surface area contributed by atoms with Crippen LogP contribution in [0.3, 0.4) is 0 Å². The molecule has 2 rings (SSSR count). The summed E-state index contributed by atoms with van der Waals surface area (Å²) >= 11 is 13.3. The van der Waals surface area contributed by atoms with Crippen molar-refractivity contribution in [3.05, 3.63) is 67.9 Å². The smallest absolute Gasteiger partial charge is 0.124 e. The third-order valence-electron chi connectivity index (χ3n) is 3.12. The van der Waals surface area contributed by atoms with Crippen molar-refractivity contribution in [2.75, 3.05) is 0 Å². The van der Waals surface area contributed by atoms with Crippen LogP contribution in [0.5, 0.6) is 0 Å². The second-order valence-electron chi connectivity index (χ2n) is 4.49. The van der Waals surface area contributed by atoms with Crippen molar-refractivity contribution in [3.8, 4) is 0 Å². The highest BCUT2D eigenvalue weighted by atomic mass is 79.9. The number of benzene rings is 2.